The highest BCUT2D eigenvalue weighted by Crippen LogP contribution is 2.20. The van der Waals surface area contributed by atoms with Crippen molar-refractivity contribution in [3.05, 3.63) is 24.0 Å². The van der Waals surface area contributed by atoms with Gasteiger partial charge >= 0.3 is 0 Å². The molecule has 0 bridgehead atoms. The second-order valence-corrected chi connectivity index (χ2v) is 5.99. The molecule has 0 aromatic heterocycles. The minimum Gasteiger partial charge on any atom is -0.490 e. The number of rotatable bonds is 6. The molecule has 0 radical (unpaired) electrons. The number of nitrogens with one attached hydrogen (secondary N) is 1. The lowest BCUT2D eigenvalue weighted by Gasteiger charge is -2.08. The number of halogens is 1. The molecule has 0 saturated heterocycles. The summed E-state index contributed by atoms with van der Waals surface area (Å²) in [5, 5.41) is 2.81. The maximum absolute atomic E-state index is 13.4. The fourth-order valence-electron chi connectivity index (χ4n) is 1.28. The molecule has 0 atom stereocenters. The highest BCUT2D eigenvalue weighted by atomic mass is 32.2. The molecule has 0 spiro atoms. The van der Waals surface area contributed by atoms with Crippen molar-refractivity contribution in [1.82, 2.24) is 0 Å². The SMILES string of the molecule is CNc1ccc(OCCCS(C)(=O)=O)c(F)c1. The van der Waals surface area contributed by atoms with E-state index >= 15 is 0 Å². The topological polar surface area (TPSA) is 55.4 Å². The van der Waals surface area contributed by atoms with Crippen LogP contribution in [0.15, 0.2) is 18.2 Å². The Bertz CT molecular complexity index is 474. The Balaban J connectivity index is 2.47. The van der Waals surface area contributed by atoms with Crippen molar-refractivity contribution in [2.45, 2.75) is 6.42 Å². The Morgan fingerprint density at radius 2 is 2.12 bits per heavy atom. The zero-order valence-electron chi connectivity index (χ0n) is 9.86. The van der Waals surface area contributed by atoms with E-state index in [-0.39, 0.29) is 18.1 Å². The summed E-state index contributed by atoms with van der Waals surface area (Å²) in [6.07, 6.45) is 1.52. The van der Waals surface area contributed by atoms with Crippen LogP contribution in [0.2, 0.25) is 0 Å². The Kier molecular flexibility index (Phi) is 4.74. The molecule has 0 aliphatic rings. The smallest absolute Gasteiger partial charge is 0.167 e. The molecule has 6 heteroatoms. The molecule has 4 nitrogen and oxygen atoms in total. The average molecular weight is 261 g/mol. The van der Waals surface area contributed by atoms with E-state index in [9.17, 15) is 12.8 Å². The molecule has 0 aliphatic heterocycles. The molecule has 1 rings (SSSR count). The minimum atomic E-state index is -2.98. The van der Waals surface area contributed by atoms with Gasteiger partial charge in [0.05, 0.1) is 12.4 Å². The lowest BCUT2D eigenvalue weighted by Crippen LogP contribution is -2.08. The summed E-state index contributed by atoms with van der Waals surface area (Å²) < 4.78 is 40.3. The zero-order valence-corrected chi connectivity index (χ0v) is 10.7. The third-order valence-electron chi connectivity index (χ3n) is 2.14. The Morgan fingerprint density at radius 3 is 2.65 bits per heavy atom. The predicted molar refractivity (Wildman–Crippen MR) is 65.8 cm³/mol. The van der Waals surface area contributed by atoms with Crippen LogP contribution in [0.25, 0.3) is 0 Å². The molecule has 0 fully saturated rings. The van der Waals surface area contributed by atoms with Crippen LogP contribution in [0.5, 0.6) is 5.75 Å². The van der Waals surface area contributed by atoms with Gasteiger partial charge in [0.15, 0.2) is 11.6 Å². The van der Waals surface area contributed by atoms with Crippen LogP contribution < -0.4 is 10.1 Å². The van der Waals surface area contributed by atoms with Crippen LogP contribution in [0.1, 0.15) is 6.42 Å². The van der Waals surface area contributed by atoms with Crippen LogP contribution in [0.4, 0.5) is 10.1 Å². The lowest BCUT2D eigenvalue weighted by molar-refractivity contribution is 0.302. The highest BCUT2D eigenvalue weighted by molar-refractivity contribution is 7.90. The van der Waals surface area contributed by atoms with E-state index < -0.39 is 15.7 Å². The zero-order chi connectivity index (χ0) is 12.9. The number of ether oxygens (including phenoxy) is 1. The maximum atomic E-state index is 13.4. The minimum absolute atomic E-state index is 0.0449. The molecular weight excluding hydrogens is 245 g/mol. The van der Waals surface area contributed by atoms with Crippen molar-refractivity contribution in [1.29, 1.82) is 0 Å². The average Bonchev–Trinajstić information content (AvgIpc) is 2.24. The van der Waals surface area contributed by atoms with E-state index in [0.717, 1.165) is 6.26 Å². The van der Waals surface area contributed by atoms with Gasteiger partial charge in [-0.05, 0) is 18.6 Å². The molecule has 0 amide bonds. The van der Waals surface area contributed by atoms with Gasteiger partial charge in [-0.25, -0.2) is 12.8 Å². The molecule has 1 aromatic rings. The standard InChI is InChI=1S/C11H16FNO3S/c1-13-9-4-5-11(10(12)8-9)16-6-3-7-17(2,14)15/h4-5,8,13H,3,6-7H2,1-2H3. The third-order valence-corrected chi connectivity index (χ3v) is 3.17. The molecule has 17 heavy (non-hydrogen) atoms. The van der Waals surface area contributed by atoms with E-state index in [1.165, 1.54) is 12.1 Å². The van der Waals surface area contributed by atoms with Gasteiger partial charge in [-0.15, -0.1) is 0 Å². The molecule has 0 saturated carbocycles. The van der Waals surface area contributed by atoms with Gasteiger partial charge in [0.25, 0.3) is 0 Å². The van der Waals surface area contributed by atoms with Gasteiger partial charge in [-0.1, -0.05) is 0 Å². The van der Waals surface area contributed by atoms with Crippen LogP contribution in [0, 0.1) is 5.82 Å². The summed E-state index contributed by atoms with van der Waals surface area (Å²) in [5.74, 6) is -0.280. The monoisotopic (exact) mass is 261 g/mol. The molecule has 96 valence electrons. The van der Waals surface area contributed by atoms with Crippen LogP contribution >= 0.6 is 0 Å². The van der Waals surface area contributed by atoms with Crippen LogP contribution in [0.3, 0.4) is 0 Å². The fourth-order valence-corrected chi connectivity index (χ4v) is 1.92. The maximum Gasteiger partial charge on any atom is 0.167 e. The lowest BCUT2D eigenvalue weighted by atomic mass is 10.3. The molecule has 0 aliphatic carbocycles. The summed E-state index contributed by atoms with van der Waals surface area (Å²) in [4.78, 5) is 0. The first kappa shape index (κ1) is 13.8. The van der Waals surface area contributed by atoms with Gasteiger partial charge in [0.2, 0.25) is 0 Å². The molecule has 0 unspecified atom stereocenters. The fraction of sp³-hybridized carbons (Fsp3) is 0.455. The van der Waals surface area contributed by atoms with Crippen molar-refractivity contribution in [2.24, 2.45) is 0 Å². The van der Waals surface area contributed by atoms with Crippen molar-refractivity contribution >= 4 is 15.5 Å². The number of hydrogen-bond donors (Lipinski definition) is 1. The summed E-state index contributed by atoms with van der Waals surface area (Å²) in [6, 6.07) is 4.53. The quantitative estimate of drug-likeness (QED) is 0.792. The number of hydrogen-bond acceptors (Lipinski definition) is 4. The summed E-state index contributed by atoms with van der Waals surface area (Å²) in [7, 11) is -1.29. The summed E-state index contributed by atoms with van der Waals surface area (Å²) >= 11 is 0. The van der Waals surface area contributed by atoms with Gasteiger partial charge < -0.3 is 10.1 Å². The highest BCUT2D eigenvalue weighted by Gasteiger charge is 2.05. The van der Waals surface area contributed by atoms with E-state index in [1.54, 1.807) is 13.1 Å². The summed E-state index contributed by atoms with van der Waals surface area (Å²) in [6.45, 7) is 0.183. The Labute approximate surface area is 101 Å². The van der Waals surface area contributed by atoms with E-state index in [4.69, 9.17) is 4.74 Å². The van der Waals surface area contributed by atoms with Crippen LogP contribution in [-0.4, -0.2) is 34.1 Å². The second kappa shape index (κ2) is 5.86. The number of sulfone groups is 1. The first-order valence-corrected chi connectivity index (χ1v) is 7.26. The first-order chi connectivity index (χ1) is 7.92. The number of anilines is 1. The van der Waals surface area contributed by atoms with E-state index in [1.807, 2.05) is 0 Å². The van der Waals surface area contributed by atoms with Gasteiger partial charge in [0.1, 0.15) is 9.84 Å². The molecular formula is C11H16FNO3S. The Hall–Kier alpha value is -1.30. The summed E-state index contributed by atoms with van der Waals surface area (Å²) in [5.41, 5.74) is 0.658. The predicted octanol–water partition coefficient (Wildman–Crippen LogP) is 1.68. The van der Waals surface area contributed by atoms with E-state index in [2.05, 4.69) is 5.32 Å². The first-order valence-electron chi connectivity index (χ1n) is 5.20. The largest absolute Gasteiger partial charge is 0.490 e. The van der Waals surface area contributed by atoms with Crippen molar-refractivity contribution in [3.63, 3.8) is 0 Å². The van der Waals surface area contributed by atoms with Gasteiger partial charge in [-0.3, -0.25) is 0 Å². The van der Waals surface area contributed by atoms with Crippen molar-refractivity contribution in [3.8, 4) is 5.75 Å². The van der Waals surface area contributed by atoms with Gasteiger partial charge in [-0.2, -0.15) is 0 Å². The number of benzene rings is 1. The van der Waals surface area contributed by atoms with Crippen molar-refractivity contribution < 1.29 is 17.5 Å². The Morgan fingerprint density at radius 1 is 1.41 bits per heavy atom. The van der Waals surface area contributed by atoms with Crippen molar-refractivity contribution in [2.75, 3.05) is 31.0 Å². The molecule has 1 aromatic carbocycles. The normalized spacial score (nSPS) is 11.2. The second-order valence-electron chi connectivity index (χ2n) is 3.73. The van der Waals surface area contributed by atoms with Gasteiger partial charge in [0, 0.05) is 25.1 Å². The molecule has 0 heterocycles. The molecule has 1 N–H and O–H groups in total. The third kappa shape index (κ3) is 5.04. The van der Waals surface area contributed by atoms with E-state index in [0.29, 0.717) is 12.1 Å². The van der Waals surface area contributed by atoms with Crippen LogP contribution in [-0.2, 0) is 9.84 Å².